The van der Waals surface area contributed by atoms with Gasteiger partial charge in [0.15, 0.2) is 5.78 Å². The summed E-state index contributed by atoms with van der Waals surface area (Å²) in [6.07, 6.45) is 6.12. The van der Waals surface area contributed by atoms with Crippen molar-refractivity contribution < 1.29 is 9.59 Å². The highest BCUT2D eigenvalue weighted by molar-refractivity contribution is 6.36. The smallest absolute Gasteiger partial charge is 0.200 e. The highest BCUT2D eigenvalue weighted by atomic mass is 16.2. The molecule has 3 heteroatoms. The lowest BCUT2D eigenvalue weighted by Crippen LogP contribution is -2.31. The van der Waals surface area contributed by atoms with Crippen LogP contribution < -0.4 is 0 Å². The number of Topliss-reactive ketones (excluding diaryl/α,β-unsaturated/α-hetero) is 2. The third-order valence-corrected chi connectivity index (χ3v) is 5.85. The summed E-state index contributed by atoms with van der Waals surface area (Å²) in [5.41, 5.74) is 2.51. The van der Waals surface area contributed by atoms with Crippen molar-refractivity contribution in [2.24, 2.45) is 23.7 Å². The third kappa shape index (κ3) is 5.82. The Labute approximate surface area is 160 Å². The normalized spacial score (nSPS) is 26.8. The number of ketones is 2. The molecule has 2 aliphatic carbocycles. The van der Waals surface area contributed by atoms with Gasteiger partial charge in [-0.3, -0.25) is 9.59 Å². The molecule has 0 amide bonds. The van der Waals surface area contributed by atoms with Crippen LogP contribution in [0.25, 0.3) is 0 Å². The van der Waals surface area contributed by atoms with Crippen LogP contribution in [0.3, 0.4) is 0 Å². The molecule has 0 aromatic carbocycles. The van der Waals surface area contributed by atoms with Gasteiger partial charge in [0.05, 0.1) is 6.04 Å². The lowest BCUT2D eigenvalue weighted by atomic mass is 9.78. The molecule has 3 nitrogen and oxygen atoms in total. The van der Waals surface area contributed by atoms with E-state index in [0.717, 1.165) is 18.3 Å². The molecular formula is C23H39NO2. The van der Waals surface area contributed by atoms with E-state index in [-0.39, 0.29) is 17.5 Å². The van der Waals surface area contributed by atoms with Crippen molar-refractivity contribution in [1.29, 1.82) is 0 Å². The minimum atomic E-state index is -0.290. The van der Waals surface area contributed by atoms with Crippen LogP contribution in [0.5, 0.6) is 0 Å². The summed E-state index contributed by atoms with van der Waals surface area (Å²) in [4.78, 5) is 24.3. The Hall–Kier alpha value is -1.38. The average Bonchev–Trinajstić information content (AvgIpc) is 3.21. The molecule has 1 aliphatic heterocycles. The number of carbonyl (C=O) groups is 2. The molecule has 0 aromatic rings. The molecule has 3 fully saturated rings. The van der Waals surface area contributed by atoms with Crippen molar-refractivity contribution in [3.63, 3.8) is 0 Å². The van der Waals surface area contributed by atoms with Gasteiger partial charge in [-0.05, 0) is 44.4 Å². The Bertz CT molecular complexity index is 532. The maximum Gasteiger partial charge on any atom is 0.200 e. The third-order valence-electron chi connectivity index (χ3n) is 5.85. The largest absolute Gasteiger partial charge is 0.368 e. The van der Waals surface area contributed by atoms with Crippen LogP contribution in [0.2, 0.25) is 0 Å². The minimum absolute atomic E-state index is 0.0483. The molecule has 26 heavy (non-hydrogen) atoms. The molecule has 0 bridgehead atoms. The van der Waals surface area contributed by atoms with Gasteiger partial charge >= 0.3 is 0 Å². The fourth-order valence-electron chi connectivity index (χ4n) is 4.17. The maximum atomic E-state index is 11.2. The summed E-state index contributed by atoms with van der Waals surface area (Å²) in [6.45, 7) is 20.8. The van der Waals surface area contributed by atoms with Crippen LogP contribution >= 0.6 is 0 Å². The molecule has 0 aromatic heterocycles. The zero-order valence-electron chi connectivity index (χ0n) is 17.8. The van der Waals surface area contributed by atoms with Crippen molar-refractivity contribution in [1.82, 2.24) is 4.90 Å². The SMILES string of the molecule is C=C(C)C1C2CC2CN1C(=C)C.CC.CC(=O)C(=O)C(C)CC1CCC1. The van der Waals surface area contributed by atoms with Crippen molar-refractivity contribution >= 4 is 11.6 Å². The molecule has 2 saturated carbocycles. The average molecular weight is 362 g/mol. The Morgan fingerprint density at radius 2 is 1.69 bits per heavy atom. The van der Waals surface area contributed by atoms with Gasteiger partial charge in [-0.25, -0.2) is 0 Å². The van der Waals surface area contributed by atoms with Gasteiger partial charge < -0.3 is 4.90 Å². The molecule has 1 heterocycles. The number of piperidine rings is 1. The van der Waals surface area contributed by atoms with Gasteiger partial charge in [0.1, 0.15) is 0 Å². The van der Waals surface area contributed by atoms with Crippen LogP contribution in [0.15, 0.2) is 24.4 Å². The highest BCUT2D eigenvalue weighted by Gasteiger charge is 2.52. The van der Waals surface area contributed by atoms with Crippen LogP contribution in [-0.2, 0) is 9.59 Å². The predicted molar refractivity (Wildman–Crippen MR) is 110 cm³/mol. The van der Waals surface area contributed by atoms with E-state index >= 15 is 0 Å². The second-order valence-corrected chi connectivity index (χ2v) is 8.19. The Morgan fingerprint density at radius 3 is 2.04 bits per heavy atom. The standard InChI is InChI=1S/C11H17N.C10H16O2.C2H6/c1-7(2)11-10-5-9(10)6-12(11)8(3)4;1-7(10(12)8(2)11)6-9-4-3-5-9;1-2/h9-11H,1,3,5-6H2,2,4H3;7,9H,3-6H2,1-2H3;1-2H3. The first-order chi connectivity index (χ1) is 12.2. The van der Waals surface area contributed by atoms with Gasteiger partial charge in [-0.1, -0.05) is 58.8 Å². The first kappa shape index (κ1) is 22.7. The Balaban J connectivity index is 0.000000238. The van der Waals surface area contributed by atoms with Crippen LogP contribution in [0.4, 0.5) is 0 Å². The monoisotopic (exact) mass is 361 g/mol. The van der Waals surface area contributed by atoms with Crippen LogP contribution in [0.1, 0.15) is 73.6 Å². The predicted octanol–water partition coefficient (Wildman–Crippen LogP) is 5.41. The van der Waals surface area contributed by atoms with Gasteiger partial charge in [0, 0.05) is 25.1 Å². The number of fused-ring (bicyclic) bond motifs is 1. The molecule has 0 N–H and O–H groups in total. The molecule has 0 spiro atoms. The van der Waals surface area contributed by atoms with E-state index in [9.17, 15) is 9.59 Å². The van der Waals surface area contributed by atoms with E-state index in [1.165, 1.54) is 50.4 Å². The number of likely N-dealkylation sites (tertiary alicyclic amines) is 1. The van der Waals surface area contributed by atoms with Crippen molar-refractivity contribution in [3.8, 4) is 0 Å². The van der Waals surface area contributed by atoms with E-state index < -0.39 is 0 Å². The first-order valence-corrected chi connectivity index (χ1v) is 10.3. The number of hydrogen-bond acceptors (Lipinski definition) is 3. The fraction of sp³-hybridized carbons (Fsp3) is 0.739. The second kappa shape index (κ2) is 10.1. The quantitative estimate of drug-likeness (QED) is 0.469. The molecule has 4 unspecified atom stereocenters. The van der Waals surface area contributed by atoms with E-state index in [2.05, 4.69) is 31.9 Å². The van der Waals surface area contributed by atoms with Crippen molar-refractivity contribution in [2.75, 3.05) is 6.54 Å². The fourth-order valence-corrected chi connectivity index (χ4v) is 4.17. The van der Waals surface area contributed by atoms with E-state index in [1.807, 2.05) is 20.8 Å². The Kier molecular flexibility index (Phi) is 8.79. The maximum absolute atomic E-state index is 11.2. The van der Waals surface area contributed by atoms with E-state index in [4.69, 9.17) is 0 Å². The zero-order valence-corrected chi connectivity index (χ0v) is 17.8. The summed E-state index contributed by atoms with van der Waals surface area (Å²) < 4.78 is 0. The summed E-state index contributed by atoms with van der Waals surface area (Å²) in [5, 5.41) is 0. The number of rotatable bonds is 6. The van der Waals surface area contributed by atoms with Gasteiger partial charge in [0.2, 0.25) is 5.78 Å². The lowest BCUT2D eigenvalue weighted by molar-refractivity contribution is -0.137. The van der Waals surface area contributed by atoms with Crippen LogP contribution in [-0.4, -0.2) is 29.1 Å². The molecule has 3 aliphatic rings. The summed E-state index contributed by atoms with van der Waals surface area (Å²) >= 11 is 0. The highest BCUT2D eigenvalue weighted by Crippen LogP contribution is 2.52. The van der Waals surface area contributed by atoms with E-state index in [1.54, 1.807) is 0 Å². The number of allylic oxidation sites excluding steroid dienone is 1. The molecule has 4 atom stereocenters. The minimum Gasteiger partial charge on any atom is -0.368 e. The van der Waals surface area contributed by atoms with Crippen molar-refractivity contribution in [3.05, 3.63) is 24.4 Å². The zero-order chi connectivity index (χ0) is 20.0. The second-order valence-electron chi connectivity index (χ2n) is 8.19. The first-order valence-electron chi connectivity index (χ1n) is 10.3. The van der Waals surface area contributed by atoms with Gasteiger partial charge in [-0.15, -0.1) is 0 Å². The van der Waals surface area contributed by atoms with Gasteiger partial charge in [0.25, 0.3) is 0 Å². The Morgan fingerprint density at radius 1 is 1.12 bits per heavy atom. The molecule has 3 rings (SSSR count). The number of carbonyl (C=O) groups excluding carboxylic acids is 2. The van der Waals surface area contributed by atoms with Crippen LogP contribution in [0, 0.1) is 23.7 Å². The molecule has 0 radical (unpaired) electrons. The summed E-state index contributed by atoms with van der Waals surface area (Å²) in [5.74, 6) is 2.03. The lowest BCUT2D eigenvalue weighted by Gasteiger charge is -2.29. The summed E-state index contributed by atoms with van der Waals surface area (Å²) in [7, 11) is 0. The topological polar surface area (TPSA) is 37.4 Å². The molecule has 1 saturated heterocycles. The van der Waals surface area contributed by atoms with E-state index in [0.29, 0.717) is 12.0 Å². The van der Waals surface area contributed by atoms with Gasteiger partial charge in [-0.2, -0.15) is 0 Å². The van der Waals surface area contributed by atoms with Crippen molar-refractivity contribution in [2.45, 2.75) is 79.7 Å². The molecule has 148 valence electrons. The number of nitrogens with zero attached hydrogens (tertiary/aromatic N) is 1. The number of hydrogen-bond donors (Lipinski definition) is 0. The molecular weight excluding hydrogens is 322 g/mol. The summed E-state index contributed by atoms with van der Waals surface area (Å²) in [6, 6.07) is 0.604.